The average molecular weight is 478 g/mol. The van der Waals surface area contributed by atoms with E-state index in [1.807, 2.05) is 48.9 Å². The third kappa shape index (κ3) is 4.10. The molecule has 0 atom stereocenters. The predicted molar refractivity (Wildman–Crippen MR) is 131 cm³/mol. The number of rotatable bonds is 6. The largest absolute Gasteiger partial charge is 0.281 e. The second-order valence-electron chi connectivity index (χ2n) is 7.66. The summed E-state index contributed by atoms with van der Waals surface area (Å²) in [6.45, 7) is 4.85. The smallest absolute Gasteiger partial charge is 0.270 e. The number of aromatic nitrogens is 3. The van der Waals surface area contributed by atoms with Gasteiger partial charge in [0.2, 0.25) is 0 Å². The number of carbonyl (C=O) groups excluding carboxylic acids is 1. The zero-order valence-corrected chi connectivity index (χ0v) is 19.5. The molecule has 0 unspecified atom stereocenters. The van der Waals surface area contributed by atoms with Crippen molar-refractivity contribution in [1.29, 1.82) is 0 Å². The maximum Gasteiger partial charge on any atom is 0.270 e. The van der Waals surface area contributed by atoms with Gasteiger partial charge in [0.1, 0.15) is 0 Å². The molecule has 3 aromatic heterocycles. The summed E-state index contributed by atoms with van der Waals surface area (Å²) in [5, 5.41) is 16.9. The van der Waals surface area contributed by atoms with Crippen LogP contribution in [-0.2, 0) is 6.54 Å². The molecule has 0 N–H and O–H groups in total. The van der Waals surface area contributed by atoms with Gasteiger partial charge in [-0.3, -0.25) is 24.5 Å². The number of hydrogen-bond donors (Lipinski definition) is 0. The quantitative estimate of drug-likeness (QED) is 0.235. The van der Waals surface area contributed by atoms with Gasteiger partial charge in [-0.15, -0.1) is 11.3 Å². The zero-order chi connectivity index (χ0) is 23.1. The number of non-ortho nitro benzene ring substituents is 1. The number of nitro benzene ring substituents is 1. The van der Waals surface area contributed by atoms with Gasteiger partial charge in [-0.2, -0.15) is 5.10 Å². The first-order valence-electron chi connectivity index (χ1n) is 10.3. The molecule has 2 aromatic carbocycles. The highest BCUT2D eigenvalue weighted by Crippen LogP contribution is 2.33. The van der Waals surface area contributed by atoms with Gasteiger partial charge in [0.15, 0.2) is 5.13 Å². The van der Waals surface area contributed by atoms with Crippen molar-refractivity contribution in [2.24, 2.45) is 0 Å². The number of para-hydroxylation sites is 1. The van der Waals surface area contributed by atoms with E-state index in [-0.39, 0.29) is 11.6 Å². The van der Waals surface area contributed by atoms with Gasteiger partial charge in [-0.1, -0.05) is 23.5 Å². The molecule has 0 saturated carbocycles. The number of thiazole rings is 1. The van der Waals surface area contributed by atoms with Crippen molar-refractivity contribution in [3.63, 3.8) is 0 Å². The lowest BCUT2D eigenvalue weighted by atomic mass is 10.2. The number of amides is 1. The number of hydrogen-bond acceptors (Lipinski definition) is 7. The summed E-state index contributed by atoms with van der Waals surface area (Å²) >= 11 is 2.79. The van der Waals surface area contributed by atoms with Crippen molar-refractivity contribution in [3.8, 4) is 0 Å². The van der Waals surface area contributed by atoms with Crippen molar-refractivity contribution in [3.05, 3.63) is 81.0 Å². The number of anilines is 1. The maximum absolute atomic E-state index is 13.7. The van der Waals surface area contributed by atoms with Crippen molar-refractivity contribution in [2.45, 2.75) is 20.4 Å². The minimum atomic E-state index is -0.430. The maximum atomic E-state index is 13.7. The lowest BCUT2D eigenvalue weighted by Gasteiger charge is -2.19. The van der Waals surface area contributed by atoms with Crippen molar-refractivity contribution in [1.82, 2.24) is 14.8 Å². The summed E-state index contributed by atoms with van der Waals surface area (Å²) in [6.07, 6.45) is 0. The summed E-state index contributed by atoms with van der Waals surface area (Å²) in [5.74, 6) is -0.181. The molecule has 0 spiro atoms. The Bertz CT molecular complexity index is 1480. The van der Waals surface area contributed by atoms with Gasteiger partial charge >= 0.3 is 0 Å². The standard InChI is InChI=1S/C23H19N5O3S2/c1-14-11-15(2)27(25-14)10-9-26(23-24-18-5-3-4-6-20(18)33-23)22(29)21-13-16-12-17(28(30)31)7-8-19(16)32-21/h3-8,11-13H,9-10H2,1-2H3. The van der Waals surface area contributed by atoms with Crippen LogP contribution in [0.4, 0.5) is 10.8 Å². The molecule has 0 radical (unpaired) electrons. The van der Waals surface area contributed by atoms with E-state index >= 15 is 0 Å². The first-order chi connectivity index (χ1) is 15.9. The van der Waals surface area contributed by atoms with E-state index in [1.54, 1.807) is 17.0 Å². The number of nitrogens with zero attached hydrogens (tertiary/aromatic N) is 5. The van der Waals surface area contributed by atoms with E-state index in [4.69, 9.17) is 4.98 Å². The topological polar surface area (TPSA) is 94.2 Å². The molecule has 0 saturated heterocycles. The molecule has 10 heteroatoms. The molecule has 1 amide bonds. The van der Waals surface area contributed by atoms with Crippen LogP contribution in [0.5, 0.6) is 0 Å². The Kier molecular flexibility index (Phi) is 5.39. The summed E-state index contributed by atoms with van der Waals surface area (Å²) in [6, 6.07) is 16.2. The van der Waals surface area contributed by atoms with Crippen LogP contribution in [-0.4, -0.2) is 32.1 Å². The van der Waals surface area contributed by atoms with Crippen molar-refractivity contribution < 1.29 is 9.72 Å². The van der Waals surface area contributed by atoms with E-state index in [2.05, 4.69) is 5.10 Å². The molecular weight excluding hydrogens is 458 g/mol. The first kappa shape index (κ1) is 21.2. The van der Waals surface area contributed by atoms with Gasteiger partial charge in [0.05, 0.1) is 32.3 Å². The number of nitro groups is 1. The summed E-state index contributed by atoms with van der Waals surface area (Å²) in [4.78, 5) is 31.3. The average Bonchev–Trinajstić information content (AvgIpc) is 3.49. The Labute approximate surface area is 196 Å². The highest BCUT2D eigenvalue weighted by atomic mass is 32.1. The Hall–Kier alpha value is -3.63. The van der Waals surface area contributed by atoms with Crippen LogP contribution < -0.4 is 4.90 Å². The molecule has 0 fully saturated rings. The van der Waals surface area contributed by atoms with Crippen LogP contribution in [0, 0.1) is 24.0 Å². The van der Waals surface area contributed by atoms with Crippen LogP contribution in [0.15, 0.2) is 54.6 Å². The molecular formula is C23H19N5O3S2. The van der Waals surface area contributed by atoms with E-state index in [9.17, 15) is 14.9 Å². The number of thiophene rings is 1. The van der Waals surface area contributed by atoms with E-state index < -0.39 is 4.92 Å². The van der Waals surface area contributed by atoms with Gasteiger partial charge in [0.25, 0.3) is 11.6 Å². The predicted octanol–water partition coefficient (Wildman–Crippen LogP) is 5.58. The van der Waals surface area contributed by atoms with Gasteiger partial charge < -0.3 is 0 Å². The minimum Gasteiger partial charge on any atom is -0.281 e. The molecule has 0 bridgehead atoms. The van der Waals surface area contributed by atoms with Crippen LogP contribution >= 0.6 is 22.7 Å². The van der Waals surface area contributed by atoms with Crippen LogP contribution in [0.3, 0.4) is 0 Å². The van der Waals surface area contributed by atoms with Crippen LogP contribution in [0.1, 0.15) is 21.1 Å². The highest BCUT2D eigenvalue weighted by Gasteiger charge is 2.24. The fraction of sp³-hybridized carbons (Fsp3) is 0.174. The lowest BCUT2D eigenvalue weighted by Crippen LogP contribution is -2.33. The zero-order valence-electron chi connectivity index (χ0n) is 17.9. The normalized spacial score (nSPS) is 11.3. The summed E-state index contributed by atoms with van der Waals surface area (Å²) in [7, 11) is 0. The van der Waals surface area contributed by atoms with E-state index in [0.717, 1.165) is 26.3 Å². The molecule has 8 nitrogen and oxygen atoms in total. The van der Waals surface area contributed by atoms with Crippen molar-refractivity contribution in [2.75, 3.05) is 11.4 Å². The Morgan fingerprint density at radius 3 is 2.64 bits per heavy atom. The Morgan fingerprint density at radius 1 is 1.09 bits per heavy atom. The molecule has 5 aromatic rings. The van der Waals surface area contributed by atoms with Gasteiger partial charge in [-0.05, 0) is 44.2 Å². The number of fused-ring (bicyclic) bond motifs is 2. The third-order valence-corrected chi connectivity index (χ3v) is 7.48. The molecule has 3 heterocycles. The summed E-state index contributed by atoms with van der Waals surface area (Å²) < 4.78 is 3.71. The second kappa shape index (κ2) is 8.38. The number of carbonyl (C=O) groups is 1. The van der Waals surface area contributed by atoms with E-state index in [1.165, 1.54) is 34.8 Å². The Morgan fingerprint density at radius 2 is 1.91 bits per heavy atom. The number of benzene rings is 2. The highest BCUT2D eigenvalue weighted by molar-refractivity contribution is 7.23. The fourth-order valence-corrected chi connectivity index (χ4v) is 5.72. The molecule has 33 heavy (non-hydrogen) atoms. The molecule has 166 valence electrons. The summed E-state index contributed by atoms with van der Waals surface area (Å²) in [5.41, 5.74) is 2.80. The minimum absolute atomic E-state index is 0.00635. The molecule has 0 aliphatic carbocycles. The third-order valence-electron chi connectivity index (χ3n) is 5.32. The van der Waals surface area contributed by atoms with Gasteiger partial charge in [0, 0.05) is 34.5 Å². The second-order valence-corrected chi connectivity index (χ2v) is 9.75. The van der Waals surface area contributed by atoms with Crippen molar-refractivity contribution >= 4 is 59.7 Å². The van der Waals surface area contributed by atoms with E-state index in [0.29, 0.717) is 28.5 Å². The lowest BCUT2D eigenvalue weighted by molar-refractivity contribution is -0.384. The van der Waals surface area contributed by atoms with Gasteiger partial charge in [-0.25, -0.2) is 4.98 Å². The monoisotopic (exact) mass is 477 g/mol. The number of aryl methyl sites for hydroxylation is 2. The molecule has 0 aliphatic heterocycles. The molecule has 0 aliphatic rings. The van der Waals surface area contributed by atoms with Crippen LogP contribution in [0.25, 0.3) is 20.3 Å². The molecule has 5 rings (SSSR count). The van der Waals surface area contributed by atoms with Crippen LogP contribution in [0.2, 0.25) is 0 Å². The fourth-order valence-electron chi connectivity index (χ4n) is 3.74. The SMILES string of the molecule is Cc1cc(C)n(CCN(C(=O)c2cc3cc([N+](=O)[O-])ccc3s2)c2nc3ccccc3s2)n1. The Balaban J connectivity index is 1.52. The first-order valence-corrected chi connectivity index (χ1v) is 11.9.